The number of hydrogen-bond acceptors (Lipinski definition) is 4. The average Bonchev–Trinajstić information content (AvgIpc) is 2.40. The van der Waals surface area contributed by atoms with Crippen LogP contribution in [0.15, 0.2) is 18.2 Å². The SMILES string of the molecule is Cc1cc(N)ccc1NC(=O)C(C)N1CCSC(C)(C)C1. The fourth-order valence-corrected chi connectivity index (χ4v) is 3.75. The highest BCUT2D eigenvalue weighted by molar-refractivity contribution is 8.00. The molecule has 4 nitrogen and oxygen atoms in total. The first-order valence-electron chi connectivity index (χ1n) is 7.33. The van der Waals surface area contributed by atoms with Crippen LogP contribution in [0.4, 0.5) is 11.4 Å². The highest BCUT2D eigenvalue weighted by Gasteiger charge is 2.32. The van der Waals surface area contributed by atoms with Crippen LogP contribution < -0.4 is 11.1 Å². The zero-order chi connectivity index (χ0) is 15.6. The van der Waals surface area contributed by atoms with E-state index in [1.807, 2.05) is 43.8 Å². The zero-order valence-electron chi connectivity index (χ0n) is 13.3. The maximum atomic E-state index is 12.5. The first kappa shape index (κ1) is 16.2. The summed E-state index contributed by atoms with van der Waals surface area (Å²) in [6.07, 6.45) is 0. The number of thioether (sulfide) groups is 1. The minimum atomic E-state index is -0.123. The Morgan fingerprint density at radius 3 is 2.81 bits per heavy atom. The third-order valence-corrected chi connectivity index (χ3v) is 5.19. The van der Waals surface area contributed by atoms with E-state index in [4.69, 9.17) is 5.73 Å². The van der Waals surface area contributed by atoms with E-state index < -0.39 is 0 Å². The molecule has 0 radical (unpaired) electrons. The number of nitrogens with one attached hydrogen (secondary N) is 1. The average molecular weight is 307 g/mol. The van der Waals surface area contributed by atoms with E-state index in [0.717, 1.165) is 30.1 Å². The molecule has 1 atom stereocenters. The van der Waals surface area contributed by atoms with E-state index in [9.17, 15) is 4.79 Å². The molecule has 116 valence electrons. The fourth-order valence-electron chi connectivity index (χ4n) is 2.61. The van der Waals surface area contributed by atoms with Gasteiger partial charge in [0.25, 0.3) is 0 Å². The third-order valence-electron chi connectivity index (χ3n) is 3.89. The van der Waals surface area contributed by atoms with Gasteiger partial charge in [0.1, 0.15) is 0 Å². The Morgan fingerprint density at radius 1 is 1.48 bits per heavy atom. The molecule has 1 amide bonds. The predicted molar refractivity (Wildman–Crippen MR) is 91.8 cm³/mol. The summed E-state index contributed by atoms with van der Waals surface area (Å²) in [6.45, 7) is 10.3. The van der Waals surface area contributed by atoms with Gasteiger partial charge in [0.15, 0.2) is 0 Å². The lowest BCUT2D eigenvalue weighted by Gasteiger charge is -2.40. The van der Waals surface area contributed by atoms with Crippen LogP contribution in [0, 0.1) is 6.92 Å². The molecule has 0 spiro atoms. The van der Waals surface area contributed by atoms with Gasteiger partial charge >= 0.3 is 0 Å². The predicted octanol–water partition coefficient (Wildman–Crippen LogP) is 2.73. The van der Waals surface area contributed by atoms with Crippen LogP contribution in [0.25, 0.3) is 0 Å². The molecule has 1 saturated heterocycles. The normalized spacial score (nSPS) is 20.0. The minimum Gasteiger partial charge on any atom is -0.399 e. The Kier molecular flexibility index (Phi) is 4.84. The van der Waals surface area contributed by atoms with Gasteiger partial charge in [-0.15, -0.1) is 0 Å². The van der Waals surface area contributed by atoms with Crippen molar-refractivity contribution in [1.82, 2.24) is 4.90 Å². The molecule has 5 heteroatoms. The van der Waals surface area contributed by atoms with Crippen molar-refractivity contribution in [3.8, 4) is 0 Å². The van der Waals surface area contributed by atoms with E-state index in [1.54, 1.807) is 0 Å². The van der Waals surface area contributed by atoms with Gasteiger partial charge in [0.05, 0.1) is 6.04 Å². The fraction of sp³-hybridized carbons (Fsp3) is 0.562. The summed E-state index contributed by atoms with van der Waals surface area (Å²) in [7, 11) is 0. The lowest BCUT2D eigenvalue weighted by molar-refractivity contribution is -0.120. The van der Waals surface area contributed by atoms with E-state index in [1.165, 1.54) is 0 Å². The molecule has 1 aromatic rings. The molecule has 3 N–H and O–H groups in total. The molecule has 1 aliphatic heterocycles. The number of aryl methyl sites for hydroxylation is 1. The molecule has 0 aromatic heterocycles. The van der Waals surface area contributed by atoms with Crippen molar-refractivity contribution in [2.45, 2.75) is 38.5 Å². The summed E-state index contributed by atoms with van der Waals surface area (Å²) in [6, 6.07) is 5.43. The molecule has 21 heavy (non-hydrogen) atoms. The van der Waals surface area contributed by atoms with Gasteiger partial charge in [0, 0.05) is 35.0 Å². The lowest BCUT2D eigenvalue weighted by atomic mass is 10.1. The van der Waals surface area contributed by atoms with Gasteiger partial charge in [-0.3, -0.25) is 9.69 Å². The van der Waals surface area contributed by atoms with Gasteiger partial charge in [-0.05, 0) is 51.5 Å². The molecular weight excluding hydrogens is 282 g/mol. The molecule has 0 bridgehead atoms. The lowest BCUT2D eigenvalue weighted by Crippen LogP contribution is -2.51. The number of carbonyl (C=O) groups excluding carboxylic acids is 1. The molecule has 1 heterocycles. The van der Waals surface area contributed by atoms with Crippen LogP contribution in [0.3, 0.4) is 0 Å². The minimum absolute atomic E-state index is 0.0468. The van der Waals surface area contributed by atoms with E-state index in [0.29, 0.717) is 5.69 Å². The summed E-state index contributed by atoms with van der Waals surface area (Å²) < 4.78 is 0.212. The molecular formula is C16H25N3OS. The Hall–Kier alpha value is -1.20. The molecule has 1 fully saturated rings. The van der Waals surface area contributed by atoms with E-state index in [2.05, 4.69) is 24.1 Å². The first-order chi connectivity index (χ1) is 9.78. The molecule has 1 aliphatic rings. The standard InChI is InChI=1S/C16H25N3OS/c1-11-9-13(17)5-6-14(11)18-15(20)12(2)19-7-8-21-16(3,4)10-19/h5-6,9,12H,7-8,10,17H2,1-4H3,(H,18,20). The second-order valence-electron chi connectivity index (χ2n) is 6.32. The maximum absolute atomic E-state index is 12.5. The number of benzene rings is 1. The number of rotatable bonds is 3. The molecule has 1 aromatic carbocycles. The van der Waals surface area contributed by atoms with Crippen molar-refractivity contribution in [1.29, 1.82) is 0 Å². The number of nitrogen functional groups attached to an aromatic ring is 1. The smallest absolute Gasteiger partial charge is 0.241 e. The van der Waals surface area contributed by atoms with Crippen molar-refractivity contribution in [3.05, 3.63) is 23.8 Å². The van der Waals surface area contributed by atoms with Crippen LogP contribution in [0.5, 0.6) is 0 Å². The quantitative estimate of drug-likeness (QED) is 0.843. The largest absolute Gasteiger partial charge is 0.399 e. The Morgan fingerprint density at radius 2 is 2.19 bits per heavy atom. The van der Waals surface area contributed by atoms with Crippen LogP contribution in [0.1, 0.15) is 26.3 Å². The van der Waals surface area contributed by atoms with Crippen LogP contribution in [0.2, 0.25) is 0 Å². The summed E-state index contributed by atoms with van der Waals surface area (Å²) in [5.74, 6) is 1.12. The van der Waals surface area contributed by atoms with Crippen LogP contribution in [-0.4, -0.2) is 40.4 Å². The van der Waals surface area contributed by atoms with Crippen LogP contribution >= 0.6 is 11.8 Å². The van der Waals surface area contributed by atoms with Crippen molar-refractivity contribution in [3.63, 3.8) is 0 Å². The summed E-state index contributed by atoms with van der Waals surface area (Å²) in [4.78, 5) is 14.7. The number of nitrogens with zero attached hydrogens (tertiary/aromatic N) is 1. The number of anilines is 2. The summed E-state index contributed by atoms with van der Waals surface area (Å²) in [5.41, 5.74) is 8.29. The van der Waals surface area contributed by atoms with Gasteiger partial charge in [-0.25, -0.2) is 0 Å². The van der Waals surface area contributed by atoms with E-state index >= 15 is 0 Å². The summed E-state index contributed by atoms with van der Waals surface area (Å²) >= 11 is 1.97. The Bertz CT molecular complexity index is 530. The van der Waals surface area contributed by atoms with Crippen LogP contribution in [-0.2, 0) is 4.79 Å². The highest BCUT2D eigenvalue weighted by atomic mass is 32.2. The Balaban J connectivity index is 2.02. The van der Waals surface area contributed by atoms with Crippen molar-refractivity contribution < 1.29 is 4.79 Å². The van der Waals surface area contributed by atoms with Gasteiger partial charge < -0.3 is 11.1 Å². The van der Waals surface area contributed by atoms with Crippen molar-refractivity contribution >= 4 is 29.0 Å². The van der Waals surface area contributed by atoms with Crippen molar-refractivity contribution in [2.75, 3.05) is 29.9 Å². The number of carbonyl (C=O) groups is 1. The monoisotopic (exact) mass is 307 g/mol. The maximum Gasteiger partial charge on any atom is 0.241 e. The molecule has 0 aliphatic carbocycles. The number of nitrogens with two attached hydrogens (primary N) is 1. The topological polar surface area (TPSA) is 58.4 Å². The van der Waals surface area contributed by atoms with Gasteiger partial charge in [-0.1, -0.05) is 0 Å². The van der Waals surface area contributed by atoms with Crippen molar-refractivity contribution in [2.24, 2.45) is 0 Å². The first-order valence-corrected chi connectivity index (χ1v) is 8.32. The van der Waals surface area contributed by atoms with Gasteiger partial charge in [0.2, 0.25) is 5.91 Å². The molecule has 0 saturated carbocycles. The Labute approximate surface area is 131 Å². The highest BCUT2D eigenvalue weighted by Crippen LogP contribution is 2.30. The number of amides is 1. The van der Waals surface area contributed by atoms with Gasteiger partial charge in [-0.2, -0.15) is 11.8 Å². The number of hydrogen-bond donors (Lipinski definition) is 2. The zero-order valence-corrected chi connectivity index (χ0v) is 14.1. The third kappa shape index (κ3) is 4.14. The molecule has 1 unspecified atom stereocenters. The van der Waals surface area contributed by atoms with E-state index in [-0.39, 0.29) is 16.7 Å². The molecule has 2 rings (SSSR count). The second kappa shape index (κ2) is 6.28. The second-order valence-corrected chi connectivity index (χ2v) is 8.12. The summed E-state index contributed by atoms with van der Waals surface area (Å²) in [5, 5.41) is 3.02.